The van der Waals surface area contributed by atoms with Gasteiger partial charge in [0.15, 0.2) is 0 Å². The smallest absolute Gasteiger partial charge is 0.251 e. The van der Waals surface area contributed by atoms with Crippen LogP contribution < -0.4 is 10.6 Å². The Kier molecular flexibility index (Phi) is 6.59. The van der Waals surface area contributed by atoms with E-state index in [0.717, 1.165) is 13.1 Å². The van der Waals surface area contributed by atoms with Crippen LogP contribution in [-0.2, 0) is 4.79 Å². The fraction of sp³-hybridized carbons (Fsp3) is 0.600. The summed E-state index contributed by atoms with van der Waals surface area (Å²) in [5.74, 6) is 2.27. The molecule has 1 aliphatic heterocycles. The van der Waals surface area contributed by atoms with Crippen molar-refractivity contribution < 1.29 is 9.59 Å². The molecule has 0 spiro atoms. The number of anilines is 1. The third-order valence-corrected chi connectivity index (χ3v) is 6.47. The van der Waals surface area contributed by atoms with Gasteiger partial charge in [0, 0.05) is 54.4 Å². The lowest BCUT2D eigenvalue weighted by molar-refractivity contribution is -0.115. The second kappa shape index (κ2) is 8.91. The number of hydrogen-bond donors (Lipinski definition) is 2. The minimum atomic E-state index is -0.0599. The lowest BCUT2D eigenvalue weighted by Gasteiger charge is -2.43. The Bertz CT molecular complexity index is 638. The summed E-state index contributed by atoms with van der Waals surface area (Å²) < 4.78 is 0. The van der Waals surface area contributed by atoms with E-state index in [9.17, 15) is 9.59 Å². The summed E-state index contributed by atoms with van der Waals surface area (Å²) in [5.41, 5.74) is 1.40. The Morgan fingerprint density at radius 3 is 2.62 bits per heavy atom. The molecule has 0 unspecified atom stereocenters. The first kappa shape index (κ1) is 19.2. The molecule has 2 amide bonds. The Balaban J connectivity index is 1.63. The molecular weight excluding hydrogens is 346 g/mol. The van der Waals surface area contributed by atoms with E-state index in [4.69, 9.17) is 0 Å². The predicted molar refractivity (Wildman–Crippen MR) is 108 cm³/mol. The minimum Gasteiger partial charge on any atom is -0.350 e. The zero-order valence-electron chi connectivity index (χ0n) is 15.6. The van der Waals surface area contributed by atoms with Crippen molar-refractivity contribution in [2.45, 2.75) is 44.6 Å². The highest BCUT2D eigenvalue weighted by Gasteiger charge is 2.40. The number of nitrogens with one attached hydrogen (secondary N) is 2. The van der Waals surface area contributed by atoms with E-state index in [0.29, 0.717) is 24.2 Å². The summed E-state index contributed by atoms with van der Waals surface area (Å²) in [4.78, 5) is 26.9. The quantitative estimate of drug-likeness (QED) is 0.802. The molecule has 1 saturated carbocycles. The molecule has 0 radical (unpaired) electrons. The normalized spacial score (nSPS) is 19.9. The molecule has 2 fully saturated rings. The maximum Gasteiger partial charge on any atom is 0.251 e. The van der Waals surface area contributed by atoms with Gasteiger partial charge < -0.3 is 10.6 Å². The average Bonchev–Trinajstić information content (AvgIpc) is 3.17. The molecule has 2 aliphatic rings. The first-order valence-electron chi connectivity index (χ1n) is 9.64. The van der Waals surface area contributed by atoms with Gasteiger partial charge in [-0.15, -0.1) is 0 Å². The van der Waals surface area contributed by atoms with Crippen LogP contribution >= 0.6 is 11.8 Å². The van der Waals surface area contributed by atoms with Gasteiger partial charge in [0.25, 0.3) is 5.91 Å². The van der Waals surface area contributed by atoms with E-state index in [1.807, 2.05) is 30.8 Å². The highest BCUT2D eigenvalue weighted by molar-refractivity contribution is 7.99. The molecule has 1 heterocycles. The lowest BCUT2D eigenvalue weighted by atomic mass is 9.94. The van der Waals surface area contributed by atoms with Crippen molar-refractivity contribution in [1.82, 2.24) is 10.2 Å². The summed E-state index contributed by atoms with van der Waals surface area (Å²) in [7, 11) is 0. The molecule has 26 heavy (non-hydrogen) atoms. The lowest BCUT2D eigenvalue weighted by Crippen LogP contribution is -2.56. The van der Waals surface area contributed by atoms with E-state index in [1.54, 1.807) is 12.1 Å². The van der Waals surface area contributed by atoms with E-state index in [2.05, 4.69) is 15.5 Å². The van der Waals surface area contributed by atoms with Gasteiger partial charge in [-0.05, 0) is 31.0 Å². The van der Waals surface area contributed by atoms with Crippen LogP contribution in [0.25, 0.3) is 0 Å². The van der Waals surface area contributed by atoms with E-state index in [-0.39, 0.29) is 17.4 Å². The summed E-state index contributed by atoms with van der Waals surface area (Å²) >= 11 is 2.02. The van der Waals surface area contributed by atoms with Crippen LogP contribution in [0.1, 0.15) is 49.4 Å². The van der Waals surface area contributed by atoms with E-state index < -0.39 is 0 Å². The fourth-order valence-corrected chi connectivity index (χ4v) is 4.91. The summed E-state index contributed by atoms with van der Waals surface area (Å²) in [6, 6.07) is 7.18. The van der Waals surface area contributed by atoms with Crippen LogP contribution in [0.2, 0.25) is 0 Å². The van der Waals surface area contributed by atoms with Gasteiger partial charge in [0.1, 0.15) is 0 Å². The molecule has 0 atom stereocenters. The molecule has 0 bridgehead atoms. The largest absolute Gasteiger partial charge is 0.350 e. The van der Waals surface area contributed by atoms with Crippen molar-refractivity contribution in [2.24, 2.45) is 0 Å². The Morgan fingerprint density at radius 1 is 1.19 bits per heavy atom. The molecule has 1 aromatic rings. The first-order chi connectivity index (χ1) is 12.6. The minimum absolute atomic E-state index is 0.0459. The number of carbonyl (C=O) groups is 2. The second-order valence-corrected chi connectivity index (χ2v) is 8.42. The molecular formula is C20H29N3O2S. The summed E-state index contributed by atoms with van der Waals surface area (Å²) in [5, 5.41) is 5.99. The fourth-order valence-electron chi connectivity index (χ4n) is 4.01. The summed E-state index contributed by atoms with van der Waals surface area (Å²) in [6.45, 7) is 4.77. The molecule has 0 aromatic heterocycles. The SMILES string of the molecule is CCC(=O)Nc1cccc(C(=O)NCC2(N3CCSCC3)CCCC2)c1. The van der Waals surface area contributed by atoms with E-state index in [1.165, 1.54) is 37.2 Å². The van der Waals surface area contributed by atoms with Crippen LogP contribution in [0.15, 0.2) is 24.3 Å². The molecule has 5 nitrogen and oxygen atoms in total. The molecule has 1 aromatic carbocycles. The van der Waals surface area contributed by atoms with Gasteiger partial charge in [-0.25, -0.2) is 0 Å². The molecule has 1 saturated heterocycles. The summed E-state index contributed by atoms with van der Waals surface area (Å²) in [6.07, 6.45) is 5.26. The van der Waals surface area contributed by atoms with Crippen LogP contribution in [-0.4, -0.2) is 53.4 Å². The highest BCUT2D eigenvalue weighted by atomic mass is 32.2. The Labute approximate surface area is 160 Å². The maximum absolute atomic E-state index is 12.7. The number of rotatable bonds is 6. The van der Waals surface area contributed by atoms with Crippen molar-refractivity contribution >= 4 is 29.3 Å². The number of thioether (sulfide) groups is 1. The number of nitrogens with zero attached hydrogens (tertiary/aromatic N) is 1. The van der Waals surface area contributed by atoms with Crippen LogP contribution in [0.3, 0.4) is 0 Å². The number of hydrogen-bond acceptors (Lipinski definition) is 4. The number of benzene rings is 1. The van der Waals surface area contributed by atoms with Gasteiger partial charge >= 0.3 is 0 Å². The average molecular weight is 376 g/mol. The molecule has 3 rings (SSSR count). The van der Waals surface area contributed by atoms with Crippen LogP contribution in [0, 0.1) is 0 Å². The predicted octanol–water partition coefficient (Wildman–Crippen LogP) is 3.13. The third kappa shape index (κ3) is 4.60. The van der Waals surface area contributed by atoms with Crippen molar-refractivity contribution in [3.8, 4) is 0 Å². The molecule has 2 N–H and O–H groups in total. The van der Waals surface area contributed by atoms with Gasteiger partial charge in [-0.1, -0.05) is 25.8 Å². The molecule has 142 valence electrons. The van der Waals surface area contributed by atoms with E-state index >= 15 is 0 Å². The monoisotopic (exact) mass is 375 g/mol. The van der Waals surface area contributed by atoms with Gasteiger partial charge in [-0.3, -0.25) is 14.5 Å². The van der Waals surface area contributed by atoms with Crippen molar-refractivity contribution in [3.05, 3.63) is 29.8 Å². The Morgan fingerprint density at radius 2 is 1.92 bits per heavy atom. The maximum atomic E-state index is 12.7. The molecule has 6 heteroatoms. The number of carbonyl (C=O) groups excluding carboxylic acids is 2. The third-order valence-electron chi connectivity index (χ3n) is 5.52. The van der Waals surface area contributed by atoms with Crippen molar-refractivity contribution in [1.29, 1.82) is 0 Å². The van der Waals surface area contributed by atoms with Gasteiger partial charge in [0.05, 0.1) is 0 Å². The van der Waals surface area contributed by atoms with Crippen LogP contribution in [0.5, 0.6) is 0 Å². The van der Waals surface area contributed by atoms with Gasteiger partial charge in [-0.2, -0.15) is 11.8 Å². The second-order valence-electron chi connectivity index (χ2n) is 7.20. The standard InChI is InChI=1S/C20H29N3O2S/c1-2-18(24)22-17-7-5-6-16(14-17)19(25)21-15-20(8-3-4-9-20)23-10-12-26-13-11-23/h5-7,14H,2-4,8-13,15H2,1H3,(H,21,25)(H,22,24). The number of amides is 2. The zero-order valence-corrected chi connectivity index (χ0v) is 16.4. The molecule has 1 aliphatic carbocycles. The van der Waals surface area contributed by atoms with Crippen molar-refractivity contribution in [3.63, 3.8) is 0 Å². The van der Waals surface area contributed by atoms with Crippen LogP contribution in [0.4, 0.5) is 5.69 Å². The first-order valence-corrected chi connectivity index (χ1v) is 10.8. The zero-order chi connectivity index (χ0) is 18.4. The topological polar surface area (TPSA) is 61.4 Å². The Hall–Kier alpha value is -1.53. The van der Waals surface area contributed by atoms with Crippen molar-refractivity contribution in [2.75, 3.05) is 36.5 Å². The van der Waals surface area contributed by atoms with Gasteiger partial charge in [0.2, 0.25) is 5.91 Å². The highest BCUT2D eigenvalue weighted by Crippen LogP contribution is 2.36.